The number of hydrogen-bond donors (Lipinski definition) is 1. The van der Waals surface area contributed by atoms with E-state index in [0.29, 0.717) is 0 Å². The van der Waals surface area contributed by atoms with Gasteiger partial charge < -0.3 is 5.32 Å². The summed E-state index contributed by atoms with van der Waals surface area (Å²) in [6.07, 6.45) is 11.6. The van der Waals surface area contributed by atoms with Gasteiger partial charge in [0.25, 0.3) is 0 Å². The fourth-order valence-electron chi connectivity index (χ4n) is 4.02. The molecule has 0 heterocycles. The van der Waals surface area contributed by atoms with E-state index >= 15 is 0 Å². The average Bonchev–Trinajstić information content (AvgIpc) is 2.34. The van der Waals surface area contributed by atoms with E-state index < -0.39 is 0 Å². The van der Waals surface area contributed by atoms with Gasteiger partial charge in [-0.05, 0) is 56.8 Å². The Labute approximate surface area is 108 Å². The monoisotopic (exact) mass is 237 g/mol. The van der Waals surface area contributed by atoms with Crippen molar-refractivity contribution in [3.05, 3.63) is 0 Å². The molecule has 1 nitrogen and oxygen atoms in total. The number of nitrogens with one attached hydrogen (secondary N) is 1. The Balaban J connectivity index is 1.79. The quantitative estimate of drug-likeness (QED) is 0.768. The van der Waals surface area contributed by atoms with Gasteiger partial charge in [-0.2, -0.15) is 0 Å². The van der Waals surface area contributed by atoms with Crippen LogP contribution < -0.4 is 5.32 Å². The van der Waals surface area contributed by atoms with E-state index in [0.717, 1.165) is 29.8 Å². The molecule has 1 heteroatoms. The summed E-state index contributed by atoms with van der Waals surface area (Å²) in [4.78, 5) is 0. The molecule has 2 fully saturated rings. The smallest absolute Gasteiger partial charge is 0.00954 e. The summed E-state index contributed by atoms with van der Waals surface area (Å²) in [6.45, 7) is 7.29. The van der Waals surface area contributed by atoms with Gasteiger partial charge in [0.05, 0.1) is 0 Å². The first-order valence-corrected chi connectivity index (χ1v) is 7.93. The minimum absolute atomic E-state index is 0.746. The molecule has 2 saturated carbocycles. The minimum Gasteiger partial charge on any atom is -0.311 e. The predicted octanol–water partition coefficient (Wildman–Crippen LogP) is 4.37. The van der Waals surface area contributed by atoms with Crippen LogP contribution in [0.2, 0.25) is 0 Å². The van der Waals surface area contributed by atoms with Crippen LogP contribution in [0, 0.1) is 17.8 Å². The molecular formula is C16H31N. The molecule has 0 bridgehead atoms. The van der Waals surface area contributed by atoms with Crippen molar-refractivity contribution in [1.82, 2.24) is 5.32 Å². The van der Waals surface area contributed by atoms with Crippen LogP contribution in [0.1, 0.15) is 72.1 Å². The van der Waals surface area contributed by atoms with E-state index in [9.17, 15) is 0 Å². The average molecular weight is 237 g/mol. The Hall–Kier alpha value is -0.0400. The highest BCUT2D eigenvalue weighted by atomic mass is 15.0. The molecule has 2 aliphatic carbocycles. The van der Waals surface area contributed by atoms with E-state index in [4.69, 9.17) is 0 Å². The molecule has 4 unspecified atom stereocenters. The van der Waals surface area contributed by atoms with Crippen molar-refractivity contribution in [3.63, 3.8) is 0 Å². The summed E-state index contributed by atoms with van der Waals surface area (Å²) in [5, 5.41) is 3.96. The molecule has 2 aliphatic rings. The third-order valence-corrected chi connectivity index (χ3v) is 5.27. The molecule has 0 saturated heterocycles. The van der Waals surface area contributed by atoms with Gasteiger partial charge in [0.15, 0.2) is 0 Å². The largest absolute Gasteiger partial charge is 0.311 e. The van der Waals surface area contributed by atoms with Crippen molar-refractivity contribution in [3.8, 4) is 0 Å². The second kappa shape index (κ2) is 6.22. The maximum Gasteiger partial charge on any atom is 0.00954 e. The van der Waals surface area contributed by atoms with Crippen LogP contribution in [0.25, 0.3) is 0 Å². The van der Waals surface area contributed by atoms with Crippen molar-refractivity contribution in [1.29, 1.82) is 0 Å². The van der Waals surface area contributed by atoms with Crippen molar-refractivity contribution in [2.24, 2.45) is 17.8 Å². The molecule has 1 N–H and O–H groups in total. The Morgan fingerprint density at radius 3 is 2.29 bits per heavy atom. The van der Waals surface area contributed by atoms with Crippen LogP contribution in [0.3, 0.4) is 0 Å². The molecule has 100 valence electrons. The molecule has 17 heavy (non-hydrogen) atoms. The van der Waals surface area contributed by atoms with Gasteiger partial charge in [-0.3, -0.25) is 0 Å². The van der Waals surface area contributed by atoms with Gasteiger partial charge in [0.1, 0.15) is 0 Å². The van der Waals surface area contributed by atoms with Gasteiger partial charge >= 0.3 is 0 Å². The Morgan fingerprint density at radius 2 is 1.65 bits per heavy atom. The second-order valence-electron chi connectivity index (χ2n) is 6.86. The molecule has 0 aliphatic heterocycles. The molecule has 0 spiro atoms. The van der Waals surface area contributed by atoms with Crippen LogP contribution in [-0.4, -0.2) is 12.1 Å². The van der Waals surface area contributed by atoms with Gasteiger partial charge in [-0.15, -0.1) is 0 Å². The van der Waals surface area contributed by atoms with Crippen molar-refractivity contribution < 1.29 is 0 Å². The zero-order valence-corrected chi connectivity index (χ0v) is 12.0. The molecule has 0 amide bonds. The standard InChI is InChI=1S/C16H31N/c1-12-9-10-16(13(2)11-12)17-14(3)15-7-5-4-6-8-15/h12-17H,4-11H2,1-3H3. The van der Waals surface area contributed by atoms with Gasteiger partial charge in [0, 0.05) is 12.1 Å². The first-order valence-electron chi connectivity index (χ1n) is 7.93. The van der Waals surface area contributed by atoms with Crippen molar-refractivity contribution in [2.75, 3.05) is 0 Å². The SMILES string of the molecule is CC1CCC(NC(C)C2CCCCC2)C(C)C1. The lowest BCUT2D eigenvalue weighted by molar-refractivity contribution is 0.184. The topological polar surface area (TPSA) is 12.0 Å². The molecule has 2 rings (SSSR count). The lowest BCUT2D eigenvalue weighted by Gasteiger charge is -2.38. The van der Waals surface area contributed by atoms with E-state index in [1.54, 1.807) is 0 Å². The summed E-state index contributed by atoms with van der Waals surface area (Å²) in [6, 6.07) is 1.54. The zero-order chi connectivity index (χ0) is 12.3. The number of rotatable bonds is 3. The molecule has 0 aromatic rings. The van der Waals surface area contributed by atoms with Crippen molar-refractivity contribution in [2.45, 2.75) is 84.2 Å². The molecule has 0 radical (unpaired) electrons. The van der Waals surface area contributed by atoms with E-state index in [2.05, 4.69) is 26.1 Å². The summed E-state index contributed by atoms with van der Waals surface area (Å²) in [5.74, 6) is 2.79. The van der Waals surface area contributed by atoms with Crippen LogP contribution in [-0.2, 0) is 0 Å². The van der Waals surface area contributed by atoms with Gasteiger partial charge in [-0.1, -0.05) is 33.1 Å². The van der Waals surface area contributed by atoms with Crippen LogP contribution >= 0.6 is 0 Å². The van der Waals surface area contributed by atoms with Crippen LogP contribution in [0.15, 0.2) is 0 Å². The predicted molar refractivity (Wildman–Crippen MR) is 75.1 cm³/mol. The molecule has 0 aromatic carbocycles. The van der Waals surface area contributed by atoms with Crippen LogP contribution in [0.4, 0.5) is 0 Å². The molecule has 4 atom stereocenters. The highest BCUT2D eigenvalue weighted by Crippen LogP contribution is 2.31. The zero-order valence-electron chi connectivity index (χ0n) is 12.0. The maximum atomic E-state index is 3.96. The normalized spacial score (nSPS) is 37.9. The Morgan fingerprint density at radius 1 is 0.941 bits per heavy atom. The fourth-order valence-corrected chi connectivity index (χ4v) is 4.02. The highest BCUT2D eigenvalue weighted by molar-refractivity contribution is 4.85. The maximum absolute atomic E-state index is 3.96. The fraction of sp³-hybridized carbons (Fsp3) is 1.00. The summed E-state index contributed by atoms with van der Waals surface area (Å²) >= 11 is 0. The van der Waals surface area contributed by atoms with Gasteiger partial charge in [0.2, 0.25) is 0 Å². The Kier molecular flexibility index (Phi) is 4.90. The van der Waals surface area contributed by atoms with E-state index in [-0.39, 0.29) is 0 Å². The summed E-state index contributed by atoms with van der Waals surface area (Å²) in [7, 11) is 0. The molecular weight excluding hydrogens is 206 g/mol. The first-order chi connectivity index (χ1) is 8.16. The third kappa shape index (κ3) is 3.71. The second-order valence-corrected chi connectivity index (χ2v) is 6.86. The highest BCUT2D eigenvalue weighted by Gasteiger charge is 2.28. The summed E-state index contributed by atoms with van der Waals surface area (Å²) < 4.78 is 0. The van der Waals surface area contributed by atoms with Gasteiger partial charge in [-0.25, -0.2) is 0 Å². The molecule has 0 aromatic heterocycles. The minimum atomic E-state index is 0.746. The van der Waals surface area contributed by atoms with E-state index in [1.807, 2.05) is 0 Å². The summed E-state index contributed by atoms with van der Waals surface area (Å²) in [5.41, 5.74) is 0. The number of hydrogen-bond acceptors (Lipinski definition) is 1. The van der Waals surface area contributed by atoms with E-state index in [1.165, 1.54) is 51.4 Å². The lowest BCUT2D eigenvalue weighted by Crippen LogP contribution is -2.46. The third-order valence-electron chi connectivity index (χ3n) is 5.27. The van der Waals surface area contributed by atoms with Crippen LogP contribution in [0.5, 0.6) is 0 Å². The Bertz CT molecular complexity index is 220. The first kappa shape index (κ1) is 13.4. The van der Waals surface area contributed by atoms with Crippen molar-refractivity contribution >= 4 is 0 Å². The lowest BCUT2D eigenvalue weighted by atomic mass is 9.78.